The molecule has 78 valence electrons. The molecule has 0 aliphatic heterocycles. The van der Waals surface area contributed by atoms with Crippen LogP contribution in [0, 0.1) is 0 Å². The predicted molar refractivity (Wildman–Crippen MR) is 58.0 cm³/mol. The normalized spacial score (nSPS) is 10.5. The maximum absolute atomic E-state index is 11.1. The lowest BCUT2D eigenvalue weighted by Crippen LogP contribution is -2.25. The fourth-order valence-corrected chi connectivity index (χ4v) is 0.742. The zero-order valence-corrected chi connectivity index (χ0v) is 9.12. The van der Waals surface area contributed by atoms with E-state index in [0.717, 1.165) is 25.0 Å². The summed E-state index contributed by atoms with van der Waals surface area (Å²) in [5.41, 5.74) is 6.07. The fourth-order valence-electron chi connectivity index (χ4n) is 0.742. The van der Waals surface area contributed by atoms with E-state index in [1.165, 1.54) is 0 Å². The maximum Gasteiger partial charge on any atom is 0.246 e. The van der Waals surface area contributed by atoms with E-state index in [-0.39, 0.29) is 18.3 Å². The first-order valence-electron chi connectivity index (χ1n) is 4.33. The molecule has 0 saturated heterocycles. The molecule has 0 aromatic carbocycles. The molecule has 0 rings (SSSR count). The summed E-state index contributed by atoms with van der Waals surface area (Å²) in [6, 6.07) is 0. The molecule has 3 nitrogen and oxygen atoms in total. The minimum atomic E-state index is 0. The minimum Gasteiger partial charge on any atom is -0.352 e. The molecule has 0 radical (unpaired) electrons. The zero-order chi connectivity index (χ0) is 9.40. The molecular formula is C9H19ClN2O. The number of hydrogen-bond acceptors (Lipinski definition) is 2. The SMILES string of the molecule is C/C=C(\C)C(=O)NCCCCN.Cl. The summed E-state index contributed by atoms with van der Waals surface area (Å²) in [7, 11) is 0. The standard InChI is InChI=1S/C9H18N2O.ClH/c1-3-8(2)9(12)11-7-5-4-6-10;/h3H,4-7,10H2,1-2H3,(H,11,12);1H/b8-3+;. The van der Waals surface area contributed by atoms with Crippen molar-refractivity contribution >= 4 is 18.3 Å². The van der Waals surface area contributed by atoms with E-state index in [4.69, 9.17) is 5.73 Å². The number of amides is 1. The first kappa shape index (κ1) is 15.0. The van der Waals surface area contributed by atoms with Crippen molar-refractivity contribution in [1.29, 1.82) is 0 Å². The number of allylic oxidation sites excluding steroid dienone is 1. The van der Waals surface area contributed by atoms with Crippen LogP contribution in [0.1, 0.15) is 26.7 Å². The number of nitrogens with one attached hydrogen (secondary N) is 1. The van der Waals surface area contributed by atoms with E-state index in [9.17, 15) is 4.79 Å². The Bertz CT molecular complexity index is 169. The van der Waals surface area contributed by atoms with Crippen molar-refractivity contribution < 1.29 is 4.79 Å². The topological polar surface area (TPSA) is 55.1 Å². The molecule has 0 aliphatic carbocycles. The second-order valence-corrected chi connectivity index (χ2v) is 2.72. The molecule has 0 saturated carbocycles. The van der Waals surface area contributed by atoms with E-state index < -0.39 is 0 Å². The molecule has 4 heteroatoms. The molecule has 0 heterocycles. The molecule has 0 atom stereocenters. The number of unbranched alkanes of at least 4 members (excludes halogenated alkanes) is 1. The van der Waals surface area contributed by atoms with Crippen molar-refractivity contribution in [2.45, 2.75) is 26.7 Å². The van der Waals surface area contributed by atoms with Gasteiger partial charge in [0.25, 0.3) is 0 Å². The van der Waals surface area contributed by atoms with Gasteiger partial charge in [-0.15, -0.1) is 12.4 Å². The van der Waals surface area contributed by atoms with E-state index in [1.807, 2.05) is 6.92 Å². The van der Waals surface area contributed by atoms with Crippen LogP contribution >= 0.6 is 12.4 Å². The summed E-state index contributed by atoms with van der Waals surface area (Å²) in [5.74, 6) is 0.0227. The van der Waals surface area contributed by atoms with Crippen molar-refractivity contribution in [1.82, 2.24) is 5.32 Å². The number of carbonyl (C=O) groups is 1. The third-order valence-corrected chi connectivity index (χ3v) is 1.71. The Morgan fingerprint density at radius 1 is 1.46 bits per heavy atom. The van der Waals surface area contributed by atoms with Crippen molar-refractivity contribution in [3.8, 4) is 0 Å². The van der Waals surface area contributed by atoms with Crippen LogP contribution in [0.2, 0.25) is 0 Å². The first-order valence-corrected chi connectivity index (χ1v) is 4.33. The summed E-state index contributed by atoms with van der Waals surface area (Å²) in [5, 5.41) is 2.81. The molecule has 0 spiro atoms. The number of hydrogen-bond donors (Lipinski definition) is 2. The number of rotatable bonds is 5. The molecule has 0 aromatic heterocycles. The van der Waals surface area contributed by atoms with Crippen molar-refractivity contribution in [3.63, 3.8) is 0 Å². The Hall–Kier alpha value is -0.540. The van der Waals surface area contributed by atoms with Crippen molar-refractivity contribution in [2.75, 3.05) is 13.1 Å². The van der Waals surface area contributed by atoms with Gasteiger partial charge in [-0.25, -0.2) is 0 Å². The Kier molecular flexibility index (Phi) is 11.0. The van der Waals surface area contributed by atoms with Crippen LogP contribution in [-0.4, -0.2) is 19.0 Å². The summed E-state index contributed by atoms with van der Waals surface area (Å²) in [4.78, 5) is 11.1. The Balaban J connectivity index is 0. The lowest BCUT2D eigenvalue weighted by molar-refractivity contribution is -0.117. The Morgan fingerprint density at radius 2 is 2.08 bits per heavy atom. The molecule has 0 bridgehead atoms. The van der Waals surface area contributed by atoms with Gasteiger partial charge in [-0.1, -0.05) is 6.08 Å². The van der Waals surface area contributed by atoms with Crippen LogP contribution in [0.3, 0.4) is 0 Å². The smallest absolute Gasteiger partial charge is 0.246 e. The van der Waals surface area contributed by atoms with Gasteiger partial charge in [0, 0.05) is 12.1 Å². The minimum absolute atomic E-state index is 0. The monoisotopic (exact) mass is 206 g/mol. The van der Waals surface area contributed by atoms with Crippen molar-refractivity contribution in [2.24, 2.45) is 5.73 Å². The summed E-state index contributed by atoms with van der Waals surface area (Å²) < 4.78 is 0. The van der Waals surface area contributed by atoms with Crippen LogP contribution in [-0.2, 0) is 4.79 Å². The van der Waals surface area contributed by atoms with Gasteiger partial charge >= 0.3 is 0 Å². The lowest BCUT2D eigenvalue weighted by atomic mass is 10.2. The Labute approximate surface area is 86.2 Å². The highest BCUT2D eigenvalue weighted by molar-refractivity contribution is 5.92. The van der Waals surface area contributed by atoms with Crippen LogP contribution in [0.25, 0.3) is 0 Å². The first-order chi connectivity index (χ1) is 5.72. The van der Waals surface area contributed by atoms with Gasteiger partial charge < -0.3 is 11.1 Å². The van der Waals surface area contributed by atoms with Gasteiger partial charge in [-0.2, -0.15) is 0 Å². The van der Waals surface area contributed by atoms with E-state index in [0.29, 0.717) is 6.54 Å². The van der Waals surface area contributed by atoms with Crippen molar-refractivity contribution in [3.05, 3.63) is 11.6 Å². The molecular weight excluding hydrogens is 188 g/mol. The zero-order valence-electron chi connectivity index (χ0n) is 8.30. The van der Waals surface area contributed by atoms with Crippen LogP contribution in [0.5, 0.6) is 0 Å². The van der Waals surface area contributed by atoms with Gasteiger partial charge in [0.15, 0.2) is 0 Å². The lowest BCUT2D eigenvalue weighted by Gasteiger charge is -2.03. The largest absolute Gasteiger partial charge is 0.352 e. The van der Waals surface area contributed by atoms with Gasteiger partial charge in [0.05, 0.1) is 0 Å². The third-order valence-electron chi connectivity index (χ3n) is 1.71. The maximum atomic E-state index is 11.1. The molecule has 1 amide bonds. The third kappa shape index (κ3) is 7.81. The second kappa shape index (κ2) is 9.55. The van der Waals surface area contributed by atoms with Crippen LogP contribution < -0.4 is 11.1 Å². The molecule has 0 fully saturated rings. The number of halogens is 1. The average Bonchev–Trinajstić information content (AvgIpc) is 2.10. The molecule has 0 unspecified atom stereocenters. The highest BCUT2D eigenvalue weighted by atomic mass is 35.5. The van der Waals surface area contributed by atoms with Gasteiger partial charge in [-0.3, -0.25) is 4.79 Å². The average molecular weight is 207 g/mol. The van der Waals surface area contributed by atoms with Crippen LogP contribution in [0.4, 0.5) is 0 Å². The van der Waals surface area contributed by atoms with E-state index in [1.54, 1.807) is 13.0 Å². The van der Waals surface area contributed by atoms with E-state index >= 15 is 0 Å². The molecule has 3 N–H and O–H groups in total. The van der Waals surface area contributed by atoms with E-state index in [2.05, 4.69) is 5.32 Å². The Morgan fingerprint density at radius 3 is 2.54 bits per heavy atom. The number of nitrogens with two attached hydrogens (primary N) is 1. The molecule has 13 heavy (non-hydrogen) atoms. The highest BCUT2D eigenvalue weighted by Crippen LogP contribution is 1.91. The summed E-state index contributed by atoms with van der Waals surface area (Å²) in [6.07, 6.45) is 3.73. The quantitative estimate of drug-likeness (QED) is 0.525. The van der Waals surface area contributed by atoms with Gasteiger partial charge in [0.1, 0.15) is 0 Å². The molecule has 0 aliphatic rings. The van der Waals surface area contributed by atoms with Gasteiger partial charge in [-0.05, 0) is 33.2 Å². The summed E-state index contributed by atoms with van der Waals surface area (Å²) >= 11 is 0. The highest BCUT2D eigenvalue weighted by Gasteiger charge is 1.99. The van der Waals surface area contributed by atoms with Gasteiger partial charge in [0.2, 0.25) is 5.91 Å². The van der Waals surface area contributed by atoms with Crippen LogP contribution in [0.15, 0.2) is 11.6 Å². The predicted octanol–water partition coefficient (Wildman–Crippen LogP) is 1.23. The molecule has 0 aromatic rings. The number of carbonyl (C=O) groups excluding carboxylic acids is 1. The second-order valence-electron chi connectivity index (χ2n) is 2.72. The fraction of sp³-hybridized carbons (Fsp3) is 0.667. The summed E-state index contributed by atoms with van der Waals surface area (Å²) in [6.45, 7) is 5.08.